The monoisotopic (exact) mass is 501 g/mol. The van der Waals surface area contributed by atoms with Crippen molar-refractivity contribution in [3.8, 4) is 11.5 Å². The molecule has 0 saturated carbocycles. The van der Waals surface area contributed by atoms with Crippen molar-refractivity contribution in [1.82, 2.24) is 24.6 Å². The highest BCUT2D eigenvalue weighted by Crippen LogP contribution is 2.38. The molecule has 38 heavy (non-hydrogen) atoms. The largest absolute Gasteiger partial charge is 0.334 e. The van der Waals surface area contributed by atoms with Crippen LogP contribution in [-0.4, -0.2) is 25.3 Å². The Morgan fingerprint density at radius 1 is 0.947 bits per heavy atom. The molecule has 6 heteroatoms. The van der Waals surface area contributed by atoms with Gasteiger partial charge in [0.25, 0.3) is 0 Å². The van der Waals surface area contributed by atoms with E-state index in [1.54, 1.807) is 0 Å². The molecule has 6 rings (SSSR count). The third-order valence-electron chi connectivity index (χ3n) is 7.21. The molecule has 1 aliphatic rings. The fourth-order valence-corrected chi connectivity index (χ4v) is 5.41. The quantitative estimate of drug-likeness (QED) is 0.305. The van der Waals surface area contributed by atoms with Gasteiger partial charge in [0, 0.05) is 18.3 Å². The number of aryl methyl sites for hydroxylation is 2. The number of nitrogens with zero attached hydrogens (tertiary/aromatic N) is 4. The molecule has 1 aliphatic heterocycles. The molecule has 190 valence electrons. The number of amides is 2. The first kappa shape index (κ1) is 23.8. The zero-order chi connectivity index (χ0) is 26.1. The zero-order valence-corrected chi connectivity index (χ0v) is 21.7. The fourth-order valence-electron chi connectivity index (χ4n) is 5.41. The number of para-hydroxylation sites is 1. The molecule has 6 nitrogen and oxygen atoms in total. The molecule has 5 aromatic rings. The van der Waals surface area contributed by atoms with Crippen LogP contribution in [0.5, 0.6) is 0 Å². The van der Waals surface area contributed by atoms with Crippen LogP contribution in [0.4, 0.5) is 4.79 Å². The van der Waals surface area contributed by atoms with Crippen LogP contribution >= 0.6 is 0 Å². The number of hydrogen-bond acceptors (Lipinski definition) is 2. The number of benzene rings is 3. The minimum atomic E-state index is -0.262. The van der Waals surface area contributed by atoms with Gasteiger partial charge in [0.1, 0.15) is 5.82 Å². The van der Waals surface area contributed by atoms with Crippen molar-refractivity contribution >= 4 is 6.03 Å². The van der Waals surface area contributed by atoms with Gasteiger partial charge in [-0.3, -0.25) is 0 Å². The summed E-state index contributed by atoms with van der Waals surface area (Å²) in [4.78, 5) is 16.0. The number of aromatic nitrogens is 3. The van der Waals surface area contributed by atoms with Gasteiger partial charge in [0.15, 0.2) is 0 Å². The maximum absolute atomic E-state index is 14.0. The normalized spacial score (nSPS) is 14.5. The third-order valence-corrected chi connectivity index (χ3v) is 7.21. The summed E-state index contributed by atoms with van der Waals surface area (Å²) in [7, 11) is 0. The fraction of sp³-hybridized carbons (Fsp3) is 0.188. The van der Waals surface area contributed by atoms with Gasteiger partial charge < -0.3 is 14.8 Å². The van der Waals surface area contributed by atoms with Gasteiger partial charge in [0.05, 0.1) is 29.7 Å². The van der Waals surface area contributed by atoms with Crippen LogP contribution < -0.4 is 5.32 Å². The van der Waals surface area contributed by atoms with Gasteiger partial charge in [-0.05, 0) is 48.7 Å². The van der Waals surface area contributed by atoms with Crippen molar-refractivity contribution < 1.29 is 4.79 Å². The van der Waals surface area contributed by atoms with E-state index in [1.807, 2.05) is 58.1 Å². The lowest BCUT2D eigenvalue weighted by atomic mass is 10.00. The van der Waals surface area contributed by atoms with E-state index in [2.05, 4.69) is 78.5 Å². The second-order valence-electron chi connectivity index (χ2n) is 9.74. The molecule has 0 aliphatic carbocycles. The first-order valence-electron chi connectivity index (χ1n) is 13.1. The first-order chi connectivity index (χ1) is 18.6. The van der Waals surface area contributed by atoms with Crippen molar-refractivity contribution in [2.75, 3.05) is 0 Å². The second-order valence-corrected chi connectivity index (χ2v) is 9.74. The lowest BCUT2D eigenvalue weighted by Crippen LogP contribution is -2.41. The van der Waals surface area contributed by atoms with Gasteiger partial charge in [-0.25, -0.2) is 9.48 Å². The molecule has 1 N–H and O–H groups in total. The number of nitrogens with one attached hydrogen (secondary N) is 1. The van der Waals surface area contributed by atoms with Gasteiger partial charge in [-0.2, -0.15) is 5.10 Å². The molecule has 0 bridgehead atoms. The predicted octanol–water partition coefficient (Wildman–Crippen LogP) is 6.35. The summed E-state index contributed by atoms with van der Waals surface area (Å²) in [6.07, 6.45) is 2.86. The predicted molar refractivity (Wildman–Crippen MR) is 150 cm³/mol. The van der Waals surface area contributed by atoms with E-state index in [-0.39, 0.29) is 12.1 Å². The minimum absolute atomic E-state index is 0.101. The Morgan fingerprint density at radius 3 is 2.45 bits per heavy atom. The molecule has 3 aromatic carbocycles. The van der Waals surface area contributed by atoms with E-state index < -0.39 is 0 Å². The molecule has 0 saturated heterocycles. The molecule has 1 unspecified atom stereocenters. The van der Waals surface area contributed by atoms with Crippen molar-refractivity contribution in [2.45, 2.75) is 39.4 Å². The van der Waals surface area contributed by atoms with E-state index >= 15 is 0 Å². The summed E-state index contributed by atoms with van der Waals surface area (Å²) in [6, 6.07) is 32.5. The Bertz CT molecular complexity index is 1570. The summed E-state index contributed by atoms with van der Waals surface area (Å²) >= 11 is 0. The minimum Gasteiger partial charge on any atom is -0.334 e. The number of carbonyl (C=O) groups is 1. The van der Waals surface area contributed by atoms with Gasteiger partial charge in [-0.1, -0.05) is 85.3 Å². The SMILES string of the molecule is CCc1nn(-c2ccccc2)c2c1CN(C(=O)NCc1ccccc1)C(c1cccc(C)c1)c1cccn1-2. The first-order valence-corrected chi connectivity index (χ1v) is 13.1. The van der Waals surface area contributed by atoms with Crippen molar-refractivity contribution in [2.24, 2.45) is 0 Å². The standard InChI is InChI=1S/C32H31N5O/c1-3-28-27-22-36(32(38)33-21-24-13-6-4-7-14-24)30(25-15-10-12-23(2)20-25)29-18-11-19-35(29)31(27)37(34-28)26-16-8-5-9-17-26/h4-20,30H,3,21-22H2,1-2H3,(H,33,38). The molecule has 3 heterocycles. The number of carbonyl (C=O) groups excluding carboxylic acids is 1. The van der Waals surface area contributed by atoms with E-state index in [1.165, 1.54) is 0 Å². The highest BCUT2D eigenvalue weighted by atomic mass is 16.2. The van der Waals surface area contributed by atoms with Crippen LogP contribution in [0.2, 0.25) is 0 Å². The maximum Gasteiger partial charge on any atom is 0.318 e. The smallest absolute Gasteiger partial charge is 0.318 e. The van der Waals surface area contributed by atoms with Crippen LogP contribution in [0, 0.1) is 6.92 Å². The Morgan fingerprint density at radius 2 is 1.71 bits per heavy atom. The average Bonchev–Trinajstić information content (AvgIpc) is 3.54. The molecular weight excluding hydrogens is 470 g/mol. The second kappa shape index (κ2) is 10.1. The highest BCUT2D eigenvalue weighted by Gasteiger charge is 2.36. The summed E-state index contributed by atoms with van der Waals surface area (Å²) in [5.74, 6) is 0.990. The summed E-state index contributed by atoms with van der Waals surface area (Å²) < 4.78 is 4.24. The molecule has 2 aromatic heterocycles. The van der Waals surface area contributed by atoms with E-state index in [4.69, 9.17) is 5.10 Å². The van der Waals surface area contributed by atoms with Crippen LogP contribution in [-0.2, 0) is 19.5 Å². The Hall–Kier alpha value is -4.58. The van der Waals surface area contributed by atoms with Crippen molar-refractivity contribution in [1.29, 1.82) is 0 Å². The summed E-state index contributed by atoms with van der Waals surface area (Å²) in [6.45, 7) is 5.13. The molecule has 0 radical (unpaired) electrons. The number of urea groups is 1. The van der Waals surface area contributed by atoms with E-state index in [0.717, 1.165) is 51.6 Å². The lowest BCUT2D eigenvalue weighted by Gasteiger charge is -2.31. The molecular formula is C32H31N5O. The number of fused-ring (bicyclic) bond motifs is 3. The lowest BCUT2D eigenvalue weighted by molar-refractivity contribution is 0.180. The van der Waals surface area contributed by atoms with E-state index in [9.17, 15) is 4.79 Å². The number of hydrogen-bond donors (Lipinski definition) is 1. The van der Waals surface area contributed by atoms with Gasteiger partial charge in [-0.15, -0.1) is 0 Å². The van der Waals surface area contributed by atoms with Crippen molar-refractivity contribution in [3.63, 3.8) is 0 Å². The summed E-state index contributed by atoms with van der Waals surface area (Å²) in [5, 5.41) is 8.23. The van der Waals surface area contributed by atoms with Crippen molar-refractivity contribution in [3.05, 3.63) is 137 Å². The Kier molecular flexibility index (Phi) is 6.30. The van der Waals surface area contributed by atoms with Crippen LogP contribution in [0.3, 0.4) is 0 Å². The zero-order valence-electron chi connectivity index (χ0n) is 21.7. The molecule has 1 atom stereocenters. The average molecular weight is 502 g/mol. The topological polar surface area (TPSA) is 55.1 Å². The summed E-state index contributed by atoms with van der Waals surface area (Å²) in [5.41, 5.74) is 7.41. The third kappa shape index (κ3) is 4.28. The van der Waals surface area contributed by atoms with Gasteiger partial charge >= 0.3 is 6.03 Å². The van der Waals surface area contributed by atoms with Crippen LogP contribution in [0.1, 0.15) is 46.6 Å². The molecule has 2 amide bonds. The maximum atomic E-state index is 14.0. The highest BCUT2D eigenvalue weighted by molar-refractivity contribution is 5.76. The van der Waals surface area contributed by atoms with Gasteiger partial charge in [0.2, 0.25) is 0 Å². The Labute approximate surface area is 223 Å². The molecule has 0 fully saturated rings. The molecule has 0 spiro atoms. The Balaban J connectivity index is 1.51. The van der Waals surface area contributed by atoms with E-state index in [0.29, 0.717) is 13.1 Å². The van der Waals surface area contributed by atoms with Crippen LogP contribution in [0.25, 0.3) is 11.5 Å². The number of rotatable bonds is 5. The van der Waals surface area contributed by atoms with Crippen LogP contribution in [0.15, 0.2) is 103 Å².